The third-order valence-electron chi connectivity index (χ3n) is 2.81. The zero-order valence-electron chi connectivity index (χ0n) is 10.3. The molecule has 1 aliphatic heterocycles. The summed E-state index contributed by atoms with van der Waals surface area (Å²) >= 11 is 0. The van der Waals surface area contributed by atoms with Crippen molar-refractivity contribution in [3.63, 3.8) is 0 Å². The summed E-state index contributed by atoms with van der Waals surface area (Å²) in [7, 11) is 1.23. The lowest BCUT2D eigenvalue weighted by atomic mass is 9.99. The number of nitrogens with zero attached hydrogens (tertiary/aromatic N) is 1. The molecular weight excluding hydrogens is 278 g/mol. The number of hydrogen-bond acceptors (Lipinski definition) is 5. The SMILES string of the molecule is COc1ccc([C@H]2NC(=O)OCC2(F)F)cc1[N+](=O)[O-]. The largest absolute Gasteiger partial charge is 0.490 e. The average molecular weight is 288 g/mol. The molecule has 0 radical (unpaired) electrons. The van der Waals surface area contributed by atoms with Gasteiger partial charge in [0.2, 0.25) is 0 Å². The fraction of sp³-hybridized carbons (Fsp3) is 0.364. The molecule has 1 aromatic carbocycles. The van der Waals surface area contributed by atoms with Gasteiger partial charge in [0.1, 0.15) is 6.04 Å². The number of hydrogen-bond donors (Lipinski definition) is 1. The van der Waals surface area contributed by atoms with Crippen molar-refractivity contribution >= 4 is 11.8 Å². The molecule has 20 heavy (non-hydrogen) atoms. The molecule has 2 rings (SSSR count). The van der Waals surface area contributed by atoms with Crippen LogP contribution in [0, 0.1) is 10.1 Å². The van der Waals surface area contributed by atoms with E-state index in [4.69, 9.17) is 4.74 Å². The summed E-state index contributed by atoms with van der Waals surface area (Å²) < 4.78 is 36.4. The molecule has 1 saturated heterocycles. The molecule has 1 aromatic rings. The molecule has 7 nitrogen and oxygen atoms in total. The number of alkyl carbamates (subject to hydrolysis) is 1. The predicted octanol–water partition coefficient (Wildman–Crippen LogP) is 2.02. The molecular formula is C11H10F2N2O5. The van der Waals surface area contributed by atoms with E-state index in [1.54, 1.807) is 0 Å². The summed E-state index contributed by atoms with van der Waals surface area (Å²) in [4.78, 5) is 21.2. The van der Waals surface area contributed by atoms with Gasteiger partial charge in [0, 0.05) is 6.07 Å². The number of nitrogens with one attached hydrogen (secondary N) is 1. The van der Waals surface area contributed by atoms with Gasteiger partial charge in [0.15, 0.2) is 12.4 Å². The van der Waals surface area contributed by atoms with Gasteiger partial charge in [-0.3, -0.25) is 10.1 Å². The van der Waals surface area contributed by atoms with Crippen LogP contribution in [-0.4, -0.2) is 30.7 Å². The van der Waals surface area contributed by atoms with Crippen molar-refractivity contribution in [3.8, 4) is 5.75 Å². The highest BCUT2D eigenvalue weighted by Gasteiger charge is 2.47. The number of nitro benzene ring substituents is 1. The number of methoxy groups -OCH3 is 1. The minimum Gasteiger partial charge on any atom is -0.490 e. The van der Waals surface area contributed by atoms with Crippen molar-refractivity contribution in [2.45, 2.75) is 12.0 Å². The van der Waals surface area contributed by atoms with E-state index in [2.05, 4.69) is 4.74 Å². The molecule has 0 aromatic heterocycles. The first-order chi connectivity index (χ1) is 9.35. The van der Waals surface area contributed by atoms with Gasteiger partial charge in [-0.1, -0.05) is 6.07 Å². The van der Waals surface area contributed by atoms with Gasteiger partial charge in [-0.2, -0.15) is 0 Å². The second kappa shape index (κ2) is 4.91. The van der Waals surface area contributed by atoms with Crippen LogP contribution in [0.1, 0.15) is 11.6 Å². The first-order valence-electron chi connectivity index (χ1n) is 5.48. The molecule has 1 heterocycles. The Labute approximate surface area is 111 Å². The highest BCUT2D eigenvalue weighted by Crippen LogP contribution is 2.37. The maximum Gasteiger partial charge on any atom is 0.408 e. The molecule has 0 aliphatic carbocycles. The standard InChI is InChI=1S/C11H10F2N2O5/c1-19-8-3-2-6(4-7(8)15(17)18)9-11(12,13)5-20-10(16)14-9/h2-4,9H,5H2,1H3,(H,14,16)/t9-/m1/s1. The van der Waals surface area contributed by atoms with Gasteiger partial charge in [0.25, 0.3) is 0 Å². The van der Waals surface area contributed by atoms with Crippen LogP contribution in [0.4, 0.5) is 19.3 Å². The van der Waals surface area contributed by atoms with E-state index in [1.807, 2.05) is 5.32 Å². The molecule has 0 unspecified atom stereocenters. The van der Waals surface area contributed by atoms with Crippen molar-refractivity contribution in [1.29, 1.82) is 0 Å². The maximum absolute atomic E-state index is 13.7. The molecule has 0 spiro atoms. The molecule has 108 valence electrons. The number of nitro groups is 1. The summed E-state index contributed by atoms with van der Waals surface area (Å²) in [5.74, 6) is -3.42. The summed E-state index contributed by atoms with van der Waals surface area (Å²) in [6.07, 6.45) is -1.00. The van der Waals surface area contributed by atoms with Crippen molar-refractivity contribution in [1.82, 2.24) is 5.32 Å². The zero-order valence-corrected chi connectivity index (χ0v) is 10.3. The smallest absolute Gasteiger partial charge is 0.408 e. The molecule has 1 amide bonds. The lowest BCUT2D eigenvalue weighted by molar-refractivity contribution is -0.385. The van der Waals surface area contributed by atoms with Crippen molar-refractivity contribution in [2.24, 2.45) is 0 Å². The van der Waals surface area contributed by atoms with E-state index in [1.165, 1.54) is 19.2 Å². The van der Waals surface area contributed by atoms with Crippen LogP contribution in [0.25, 0.3) is 0 Å². The summed E-state index contributed by atoms with van der Waals surface area (Å²) in [6, 6.07) is 1.69. The molecule has 9 heteroatoms. The van der Waals surface area contributed by atoms with Gasteiger partial charge < -0.3 is 14.8 Å². The lowest BCUT2D eigenvalue weighted by Gasteiger charge is -2.31. The Morgan fingerprint density at radius 1 is 1.55 bits per heavy atom. The Kier molecular flexibility index (Phi) is 3.43. The van der Waals surface area contributed by atoms with Crippen LogP contribution in [0.15, 0.2) is 18.2 Å². The van der Waals surface area contributed by atoms with Crippen molar-refractivity contribution in [2.75, 3.05) is 13.7 Å². The molecule has 0 bridgehead atoms. The Morgan fingerprint density at radius 2 is 2.25 bits per heavy atom. The van der Waals surface area contributed by atoms with Gasteiger partial charge in [-0.05, 0) is 11.6 Å². The number of alkyl halides is 2. The summed E-state index contributed by atoms with van der Waals surface area (Å²) in [6.45, 7) is -1.08. The number of ether oxygens (including phenoxy) is 2. The fourth-order valence-electron chi connectivity index (χ4n) is 1.87. The minimum absolute atomic E-state index is 0.0551. The van der Waals surface area contributed by atoms with E-state index in [-0.39, 0.29) is 11.3 Å². The third-order valence-corrected chi connectivity index (χ3v) is 2.81. The Morgan fingerprint density at radius 3 is 2.85 bits per heavy atom. The second-order valence-corrected chi connectivity index (χ2v) is 4.10. The lowest BCUT2D eigenvalue weighted by Crippen LogP contribution is -2.49. The highest BCUT2D eigenvalue weighted by molar-refractivity contribution is 5.69. The Bertz CT molecular complexity index is 564. The van der Waals surface area contributed by atoms with Gasteiger partial charge in [0.05, 0.1) is 12.0 Å². The average Bonchev–Trinajstić information content (AvgIpc) is 2.40. The number of benzene rings is 1. The number of carbonyl (C=O) groups excluding carboxylic acids is 1. The van der Waals surface area contributed by atoms with E-state index < -0.39 is 35.3 Å². The monoisotopic (exact) mass is 288 g/mol. The van der Waals surface area contributed by atoms with Gasteiger partial charge in [-0.15, -0.1) is 0 Å². The van der Waals surface area contributed by atoms with Crippen LogP contribution in [0.3, 0.4) is 0 Å². The van der Waals surface area contributed by atoms with Crippen LogP contribution < -0.4 is 10.1 Å². The normalized spacial score (nSPS) is 20.8. The molecule has 1 atom stereocenters. The molecule has 1 fully saturated rings. The second-order valence-electron chi connectivity index (χ2n) is 4.10. The number of amides is 1. The molecule has 1 N–H and O–H groups in total. The van der Waals surface area contributed by atoms with Crippen molar-refractivity contribution < 1.29 is 28.0 Å². The third kappa shape index (κ3) is 2.46. The minimum atomic E-state index is -3.36. The van der Waals surface area contributed by atoms with E-state index in [9.17, 15) is 23.7 Å². The topological polar surface area (TPSA) is 90.7 Å². The van der Waals surface area contributed by atoms with Crippen LogP contribution in [-0.2, 0) is 4.74 Å². The first kappa shape index (κ1) is 14.0. The van der Waals surface area contributed by atoms with E-state index in [0.717, 1.165) is 6.07 Å². The highest BCUT2D eigenvalue weighted by atomic mass is 19.3. The van der Waals surface area contributed by atoms with Crippen LogP contribution >= 0.6 is 0 Å². The predicted molar refractivity (Wildman–Crippen MR) is 61.8 cm³/mol. The number of carbonyl (C=O) groups is 1. The van der Waals surface area contributed by atoms with E-state index in [0.29, 0.717) is 0 Å². The van der Waals surface area contributed by atoms with Gasteiger partial charge in [-0.25, -0.2) is 13.6 Å². The summed E-state index contributed by atoms with van der Waals surface area (Å²) in [5.41, 5.74) is -0.555. The molecule has 1 aliphatic rings. The summed E-state index contributed by atoms with van der Waals surface area (Å²) in [5, 5.41) is 12.8. The maximum atomic E-state index is 13.7. The Balaban J connectivity index is 2.43. The quantitative estimate of drug-likeness (QED) is 0.678. The van der Waals surface area contributed by atoms with Gasteiger partial charge >= 0.3 is 17.7 Å². The van der Waals surface area contributed by atoms with Crippen LogP contribution in [0.2, 0.25) is 0 Å². The number of rotatable bonds is 3. The number of cyclic esters (lactones) is 1. The molecule has 0 saturated carbocycles. The zero-order chi connectivity index (χ0) is 14.9. The Hall–Kier alpha value is -2.45. The van der Waals surface area contributed by atoms with Crippen molar-refractivity contribution in [3.05, 3.63) is 33.9 Å². The first-order valence-corrected chi connectivity index (χ1v) is 5.48. The van der Waals surface area contributed by atoms with Crippen LogP contribution in [0.5, 0.6) is 5.75 Å². The fourth-order valence-corrected chi connectivity index (χ4v) is 1.87. The van der Waals surface area contributed by atoms with E-state index >= 15 is 0 Å². The number of halogens is 2.